The van der Waals surface area contributed by atoms with E-state index in [0.29, 0.717) is 19.5 Å². The van der Waals surface area contributed by atoms with E-state index in [1.165, 1.54) is 11.3 Å². The molecule has 1 saturated heterocycles. The molecule has 1 fully saturated rings. The number of rotatable bonds is 3. The molecule has 0 spiro atoms. The predicted octanol–water partition coefficient (Wildman–Crippen LogP) is 2.44. The average molecular weight is 364 g/mol. The molecule has 3 aliphatic rings. The zero-order chi connectivity index (χ0) is 18.8. The highest BCUT2D eigenvalue weighted by Crippen LogP contribution is 2.40. The fourth-order valence-electron chi connectivity index (χ4n) is 4.75. The van der Waals surface area contributed by atoms with E-state index in [1.807, 2.05) is 17.0 Å². The molecule has 140 valence electrons. The second-order valence-corrected chi connectivity index (χ2v) is 8.91. The van der Waals surface area contributed by atoms with E-state index < -0.39 is 0 Å². The molecule has 1 unspecified atom stereocenters. The maximum absolute atomic E-state index is 12.7. The smallest absolute Gasteiger partial charge is 0.254 e. The van der Waals surface area contributed by atoms with Gasteiger partial charge in [-0.15, -0.1) is 0 Å². The second kappa shape index (κ2) is 5.68. The van der Waals surface area contributed by atoms with Gasteiger partial charge in [-0.25, -0.2) is 0 Å². The molecule has 0 radical (unpaired) electrons. The summed E-state index contributed by atoms with van der Waals surface area (Å²) < 4.78 is 0. The first-order valence-corrected chi connectivity index (χ1v) is 9.68. The molecule has 1 aromatic heterocycles. The van der Waals surface area contributed by atoms with Gasteiger partial charge in [0.25, 0.3) is 5.91 Å². The Morgan fingerprint density at radius 2 is 2.11 bits per heavy atom. The molecule has 3 heterocycles. The van der Waals surface area contributed by atoms with Gasteiger partial charge in [-0.1, -0.05) is 19.9 Å². The first kappa shape index (κ1) is 16.5. The van der Waals surface area contributed by atoms with Crippen LogP contribution in [0.25, 0.3) is 11.3 Å². The lowest BCUT2D eigenvalue weighted by molar-refractivity contribution is -0.119. The van der Waals surface area contributed by atoms with Crippen LogP contribution in [0.3, 0.4) is 0 Å². The molecule has 1 aliphatic carbocycles. The number of hydrogen-bond donors (Lipinski definition) is 2. The second-order valence-electron chi connectivity index (χ2n) is 8.91. The van der Waals surface area contributed by atoms with Gasteiger partial charge in [0.1, 0.15) is 0 Å². The van der Waals surface area contributed by atoms with E-state index in [9.17, 15) is 9.59 Å². The van der Waals surface area contributed by atoms with Crippen molar-refractivity contribution in [2.45, 2.75) is 52.1 Å². The molecule has 2 aromatic rings. The Morgan fingerprint density at radius 1 is 1.26 bits per heavy atom. The largest absolute Gasteiger partial charge is 0.352 e. The summed E-state index contributed by atoms with van der Waals surface area (Å²) in [5.41, 5.74) is 6.75. The van der Waals surface area contributed by atoms with E-state index >= 15 is 0 Å². The highest BCUT2D eigenvalue weighted by molar-refractivity contribution is 5.99. The summed E-state index contributed by atoms with van der Waals surface area (Å²) in [6.45, 7) is 5.75. The average Bonchev–Trinajstić information content (AvgIpc) is 3.32. The molecule has 27 heavy (non-hydrogen) atoms. The highest BCUT2D eigenvalue weighted by atomic mass is 16.2. The summed E-state index contributed by atoms with van der Waals surface area (Å²) in [6.07, 6.45) is 3.42. The van der Waals surface area contributed by atoms with Crippen LogP contribution in [0.4, 0.5) is 0 Å². The van der Waals surface area contributed by atoms with Gasteiger partial charge in [-0.05, 0) is 42.4 Å². The number of carbonyl (C=O) groups is 2. The third-order valence-corrected chi connectivity index (χ3v) is 6.05. The van der Waals surface area contributed by atoms with E-state index in [0.717, 1.165) is 41.6 Å². The van der Waals surface area contributed by atoms with Crippen LogP contribution in [0.15, 0.2) is 18.2 Å². The number of carbonyl (C=O) groups excluding carboxylic acids is 2. The Balaban J connectivity index is 1.40. The van der Waals surface area contributed by atoms with Crippen molar-refractivity contribution in [3.63, 3.8) is 0 Å². The van der Waals surface area contributed by atoms with Crippen molar-refractivity contribution >= 4 is 11.8 Å². The van der Waals surface area contributed by atoms with Crippen LogP contribution in [-0.2, 0) is 24.2 Å². The number of aromatic nitrogens is 2. The highest BCUT2D eigenvalue weighted by Gasteiger charge is 2.34. The summed E-state index contributed by atoms with van der Waals surface area (Å²) in [7, 11) is 0. The van der Waals surface area contributed by atoms with Gasteiger partial charge in [-0.2, -0.15) is 5.10 Å². The summed E-state index contributed by atoms with van der Waals surface area (Å²) in [4.78, 5) is 26.0. The van der Waals surface area contributed by atoms with Crippen LogP contribution in [0.5, 0.6) is 0 Å². The molecule has 2 amide bonds. The lowest BCUT2D eigenvalue weighted by Crippen LogP contribution is -2.38. The molecule has 6 heteroatoms. The van der Waals surface area contributed by atoms with Gasteiger partial charge >= 0.3 is 0 Å². The van der Waals surface area contributed by atoms with Crippen molar-refractivity contribution in [1.82, 2.24) is 20.4 Å². The van der Waals surface area contributed by atoms with Gasteiger partial charge in [0, 0.05) is 47.9 Å². The molecular formula is C21H24N4O2. The summed E-state index contributed by atoms with van der Waals surface area (Å²) in [5.74, 6) is 0.146. The molecule has 6 nitrogen and oxygen atoms in total. The van der Waals surface area contributed by atoms with Crippen LogP contribution < -0.4 is 5.32 Å². The molecule has 0 saturated carbocycles. The molecule has 0 bridgehead atoms. The summed E-state index contributed by atoms with van der Waals surface area (Å²) in [5, 5.41) is 10.7. The normalized spacial score (nSPS) is 22.9. The maximum Gasteiger partial charge on any atom is 0.254 e. The molecule has 2 aliphatic heterocycles. The third kappa shape index (κ3) is 2.74. The number of nitrogens with zero attached hydrogens (tertiary/aromatic N) is 2. The van der Waals surface area contributed by atoms with Crippen LogP contribution in [0, 0.1) is 5.41 Å². The Labute approximate surface area is 158 Å². The number of hydrogen-bond acceptors (Lipinski definition) is 3. The fourth-order valence-corrected chi connectivity index (χ4v) is 4.75. The van der Waals surface area contributed by atoms with Crippen LogP contribution in [-0.4, -0.2) is 39.5 Å². The lowest BCUT2D eigenvalue weighted by atomic mass is 9.90. The quantitative estimate of drug-likeness (QED) is 0.878. The monoisotopic (exact) mass is 364 g/mol. The molecular weight excluding hydrogens is 340 g/mol. The number of fused-ring (bicyclic) bond motifs is 2. The van der Waals surface area contributed by atoms with E-state index in [2.05, 4.69) is 35.4 Å². The van der Waals surface area contributed by atoms with Crippen LogP contribution >= 0.6 is 0 Å². The molecule has 1 atom stereocenters. The molecule has 2 N–H and O–H groups in total. The number of amides is 2. The van der Waals surface area contributed by atoms with Crippen molar-refractivity contribution in [3.8, 4) is 11.3 Å². The Kier molecular flexibility index (Phi) is 3.48. The van der Waals surface area contributed by atoms with E-state index in [4.69, 9.17) is 0 Å². The third-order valence-electron chi connectivity index (χ3n) is 6.05. The molecule has 1 aromatic carbocycles. The predicted molar refractivity (Wildman–Crippen MR) is 101 cm³/mol. The number of nitrogens with one attached hydrogen (secondary N) is 2. The van der Waals surface area contributed by atoms with Gasteiger partial charge in [-0.3, -0.25) is 14.7 Å². The van der Waals surface area contributed by atoms with Gasteiger partial charge in [0.15, 0.2) is 0 Å². The summed E-state index contributed by atoms with van der Waals surface area (Å²) in [6, 6.07) is 6.13. The zero-order valence-electron chi connectivity index (χ0n) is 15.8. The Bertz CT molecular complexity index is 959. The minimum Gasteiger partial charge on any atom is -0.352 e. The Hall–Kier alpha value is -2.63. The maximum atomic E-state index is 12.7. The number of benzene rings is 1. The topological polar surface area (TPSA) is 78.1 Å². The number of aromatic amines is 1. The van der Waals surface area contributed by atoms with E-state index in [1.54, 1.807) is 0 Å². The van der Waals surface area contributed by atoms with Crippen molar-refractivity contribution < 1.29 is 9.59 Å². The Morgan fingerprint density at radius 3 is 2.89 bits per heavy atom. The fraction of sp³-hybridized carbons (Fsp3) is 0.476. The first-order chi connectivity index (χ1) is 12.9. The van der Waals surface area contributed by atoms with Gasteiger partial charge < -0.3 is 10.2 Å². The van der Waals surface area contributed by atoms with E-state index in [-0.39, 0.29) is 23.3 Å². The first-order valence-electron chi connectivity index (χ1n) is 9.68. The van der Waals surface area contributed by atoms with Gasteiger partial charge in [0.2, 0.25) is 5.91 Å². The van der Waals surface area contributed by atoms with Gasteiger partial charge in [0.05, 0.1) is 5.69 Å². The minimum atomic E-state index is 0.0612. The van der Waals surface area contributed by atoms with Crippen molar-refractivity contribution in [3.05, 3.63) is 40.6 Å². The van der Waals surface area contributed by atoms with Crippen LogP contribution in [0.1, 0.15) is 53.9 Å². The van der Waals surface area contributed by atoms with Crippen molar-refractivity contribution in [1.29, 1.82) is 0 Å². The van der Waals surface area contributed by atoms with Crippen LogP contribution in [0.2, 0.25) is 0 Å². The summed E-state index contributed by atoms with van der Waals surface area (Å²) >= 11 is 0. The standard InChI is InChI=1S/C21H24N4O2/c1-21(2)8-16-17(9-21)23-24-19(16)12-3-5-15-13(7-12)10-25(20(15)27)11-14-4-6-18(26)22-14/h3,5,7,14H,4,6,8-11H2,1-2H3,(H,22,26)(H,23,24). The zero-order valence-corrected chi connectivity index (χ0v) is 15.8. The molecule has 5 rings (SSSR count). The van der Waals surface area contributed by atoms with Crippen molar-refractivity contribution in [2.75, 3.05) is 6.54 Å². The lowest BCUT2D eigenvalue weighted by Gasteiger charge is -2.20. The SMILES string of the molecule is CC1(C)Cc2[nH]nc(-c3ccc4c(c3)CN(CC3CCC(=O)N3)C4=O)c2C1. The number of H-pyrrole nitrogens is 1. The van der Waals surface area contributed by atoms with Crippen molar-refractivity contribution in [2.24, 2.45) is 5.41 Å². The minimum absolute atomic E-state index is 0.0612.